The Balaban J connectivity index is 1.67. The second-order valence-corrected chi connectivity index (χ2v) is 8.95. The highest BCUT2D eigenvalue weighted by Crippen LogP contribution is 2.36. The first kappa shape index (κ1) is 25.5. The number of nitrogens with two attached hydrogens (primary N) is 1. The first-order valence-electron chi connectivity index (χ1n) is 11.6. The molecule has 3 aromatic rings. The number of nitrogens with zero attached hydrogens (tertiary/aromatic N) is 2. The second-order valence-electron chi connectivity index (χ2n) is 8.95. The van der Waals surface area contributed by atoms with Crippen molar-refractivity contribution in [3.8, 4) is 0 Å². The van der Waals surface area contributed by atoms with Gasteiger partial charge in [-0.15, -0.1) is 0 Å². The molecule has 10 heteroatoms. The maximum Gasteiger partial charge on any atom is 0.335 e. The molecule has 0 saturated carbocycles. The summed E-state index contributed by atoms with van der Waals surface area (Å²) in [6.07, 6.45) is -4.38. The Bertz CT molecular complexity index is 1180. The third-order valence-corrected chi connectivity index (χ3v) is 6.98. The molecule has 0 unspecified atom stereocenters. The first-order chi connectivity index (χ1) is 17.2. The number of imidazole rings is 1. The highest BCUT2D eigenvalue weighted by atomic mass is 16.6. The second kappa shape index (κ2) is 10.2. The summed E-state index contributed by atoms with van der Waals surface area (Å²) in [5.74, 6) is -1.37. The van der Waals surface area contributed by atoms with Gasteiger partial charge in [-0.2, -0.15) is 0 Å². The normalized spacial score (nSPS) is 24.4. The van der Waals surface area contributed by atoms with Gasteiger partial charge in [0.2, 0.25) is 12.1 Å². The van der Waals surface area contributed by atoms with Crippen molar-refractivity contribution in [2.24, 2.45) is 5.73 Å². The molecule has 6 N–H and O–H groups in total. The standard InChI is InChI=1S/C26H29N3O7/c1-16-28(14-15-29(16)23-21(32)19(30)20(31)22(36-23)24(33)34)13-12-26(25(27)35,17-8-4-2-5-9-17)18-10-6-3-7-11-18/h2-11,14-15,19-23,30-32H,12-13H2,1H3,(H2-,27,33,34,35)/p+1/t19-,20-,21+,22-,23-/m0/s1. The van der Waals surface area contributed by atoms with Crippen LogP contribution in [0.25, 0.3) is 0 Å². The van der Waals surface area contributed by atoms with Crippen molar-refractivity contribution in [3.05, 3.63) is 90.0 Å². The smallest absolute Gasteiger partial charge is 0.335 e. The fraction of sp³-hybridized carbons (Fsp3) is 0.346. The molecule has 10 nitrogen and oxygen atoms in total. The number of hydrogen-bond donors (Lipinski definition) is 5. The fourth-order valence-corrected chi connectivity index (χ4v) is 4.91. The number of amides is 1. The molecule has 1 fully saturated rings. The summed E-state index contributed by atoms with van der Waals surface area (Å²) in [5.41, 5.74) is 6.44. The number of rotatable bonds is 8. The summed E-state index contributed by atoms with van der Waals surface area (Å²) in [5, 5.41) is 40.1. The fourth-order valence-electron chi connectivity index (χ4n) is 4.91. The van der Waals surface area contributed by atoms with E-state index < -0.39 is 47.9 Å². The van der Waals surface area contributed by atoms with Crippen molar-refractivity contribution < 1.29 is 39.3 Å². The lowest BCUT2D eigenvalue weighted by molar-refractivity contribution is -0.703. The van der Waals surface area contributed by atoms with Gasteiger partial charge in [0.05, 0.1) is 6.54 Å². The predicted molar refractivity (Wildman–Crippen MR) is 126 cm³/mol. The van der Waals surface area contributed by atoms with E-state index in [1.165, 1.54) is 4.57 Å². The van der Waals surface area contributed by atoms with Crippen LogP contribution >= 0.6 is 0 Å². The van der Waals surface area contributed by atoms with Crippen molar-refractivity contribution in [3.63, 3.8) is 0 Å². The maximum absolute atomic E-state index is 13.0. The van der Waals surface area contributed by atoms with Gasteiger partial charge in [0.25, 0.3) is 5.82 Å². The molecule has 4 rings (SSSR count). The maximum atomic E-state index is 13.0. The van der Waals surface area contributed by atoms with Crippen LogP contribution in [-0.2, 0) is 26.3 Å². The Morgan fingerprint density at radius 3 is 2.03 bits per heavy atom. The zero-order valence-corrected chi connectivity index (χ0v) is 19.7. The Kier molecular flexibility index (Phi) is 7.23. The third-order valence-electron chi connectivity index (χ3n) is 6.98. The molecule has 2 heterocycles. The van der Waals surface area contributed by atoms with Gasteiger partial charge in [-0.25, -0.2) is 13.9 Å². The number of primary amides is 1. The first-order valence-corrected chi connectivity index (χ1v) is 11.6. The van der Waals surface area contributed by atoms with E-state index in [2.05, 4.69) is 0 Å². The molecule has 0 aliphatic carbocycles. The molecule has 0 bridgehead atoms. The number of carbonyl (C=O) groups is 2. The molecule has 190 valence electrons. The molecule has 1 aromatic heterocycles. The number of carbonyl (C=O) groups excluding carboxylic acids is 1. The van der Waals surface area contributed by atoms with Crippen molar-refractivity contribution in [2.45, 2.75) is 55.9 Å². The molecule has 36 heavy (non-hydrogen) atoms. The lowest BCUT2D eigenvalue weighted by atomic mass is 9.71. The van der Waals surface area contributed by atoms with E-state index in [9.17, 15) is 30.0 Å². The van der Waals surface area contributed by atoms with Gasteiger partial charge in [-0.1, -0.05) is 60.7 Å². The van der Waals surface area contributed by atoms with Gasteiger partial charge < -0.3 is 30.9 Å². The van der Waals surface area contributed by atoms with E-state index in [4.69, 9.17) is 10.5 Å². The zero-order chi connectivity index (χ0) is 26.0. The molecule has 0 radical (unpaired) electrons. The zero-order valence-electron chi connectivity index (χ0n) is 19.7. The molecule has 5 atom stereocenters. The van der Waals surface area contributed by atoms with Gasteiger partial charge in [0.1, 0.15) is 36.1 Å². The van der Waals surface area contributed by atoms with E-state index in [-0.39, 0.29) is 0 Å². The minimum Gasteiger partial charge on any atom is -0.479 e. The van der Waals surface area contributed by atoms with Crippen LogP contribution in [0.1, 0.15) is 29.6 Å². The van der Waals surface area contributed by atoms with Crippen LogP contribution in [0.3, 0.4) is 0 Å². The summed E-state index contributed by atoms with van der Waals surface area (Å²) >= 11 is 0. The Hall–Kier alpha value is -3.57. The van der Waals surface area contributed by atoms with Crippen molar-refractivity contribution in [1.29, 1.82) is 0 Å². The van der Waals surface area contributed by atoms with Crippen LogP contribution in [0.2, 0.25) is 0 Å². The number of aliphatic hydroxyl groups is 3. The summed E-state index contributed by atoms with van der Waals surface area (Å²) in [6.45, 7) is 2.09. The van der Waals surface area contributed by atoms with E-state index in [0.29, 0.717) is 18.8 Å². The number of aliphatic hydroxyl groups excluding tert-OH is 3. The number of carboxylic acids is 1. The largest absolute Gasteiger partial charge is 0.479 e. The van der Waals surface area contributed by atoms with Gasteiger partial charge in [0.15, 0.2) is 6.10 Å². The quantitative estimate of drug-likeness (QED) is 0.275. The molecule has 1 aliphatic rings. The summed E-state index contributed by atoms with van der Waals surface area (Å²) in [7, 11) is 0. The van der Waals surface area contributed by atoms with Crippen LogP contribution in [-0.4, -0.2) is 61.3 Å². The molecular formula is C26H30N3O7+. The van der Waals surface area contributed by atoms with E-state index in [1.807, 2.05) is 65.2 Å². The number of carboxylic acid groups (broad SMARTS) is 1. The average Bonchev–Trinajstić information content (AvgIpc) is 3.24. The van der Waals surface area contributed by atoms with Gasteiger partial charge in [-0.3, -0.25) is 4.79 Å². The van der Waals surface area contributed by atoms with Crippen LogP contribution in [0.15, 0.2) is 73.1 Å². The lowest BCUT2D eigenvalue weighted by Crippen LogP contribution is -2.58. The number of aryl methyl sites for hydroxylation is 1. The summed E-state index contributed by atoms with van der Waals surface area (Å²) in [6, 6.07) is 18.6. The molecule has 1 aliphatic heterocycles. The van der Waals surface area contributed by atoms with E-state index in [1.54, 1.807) is 19.3 Å². The van der Waals surface area contributed by atoms with Crippen molar-refractivity contribution in [1.82, 2.24) is 4.57 Å². The van der Waals surface area contributed by atoms with E-state index in [0.717, 1.165) is 11.1 Å². The Morgan fingerprint density at radius 2 is 1.53 bits per heavy atom. The Morgan fingerprint density at radius 1 is 0.972 bits per heavy atom. The van der Waals surface area contributed by atoms with Gasteiger partial charge >= 0.3 is 5.97 Å². The van der Waals surface area contributed by atoms with Crippen LogP contribution in [0.4, 0.5) is 0 Å². The molecule has 1 saturated heterocycles. The van der Waals surface area contributed by atoms with E-state index >= 15 is 0 Å². The van der Waals surface area contributed by atoms with Gasteiger partial charge in [-0.05, 0) is 11.1 Å². The predicted octanol–water partition coefficient (Wildman–Crippen LogP) is 0.0104. The van der Waals surface area contributed by atoms with Crippen LogP contribution < -0.4 is 10.3 Å². The highest BCUT2D eigenvalue weighted by Gasteiger charge is 2.50. The topological polar surface area (TPSA) is 159 Å². The molecule has 1 amide bonds. The number of aromatic nitrogens is 2. The minimum absolute atomic E-state index is 0.318. The number of benzene rings is 2. The number of aliphatic carboxylic acids is 1. The average molecular weight is 497 g/mol. The summed E-state index contributed by atoms with van der Waals surface area (Å²) < 4.78 is 8.78. The molecule has 0 spiro atoms. The highest BCUT2D eigenvalue weighted by molar-refractivity contribution is 5.90. The van der Waals surface area contributed by atoms with Crippen molar-refractivity contribution in [2.75, 3.05) is 0 Å². The number of ether oxygens (including phenoxy) is 1. The lowest BCUT2D eigenvalue weighted by Gasteiger charge is -2.37. The van der Waals surface area contributed by atoms with Crippen molar-refractivity contribution >= 4 is 11.9 Å². The monoisotopic (exact) mass is 496 g/mol. The Labute approximate surface area is 207 Å². The third kappa shape index (κ3) is 4.40. The summed E-state index contributed by atoms with van der Waals surface area (Å²) in [4.78, 5) is 24.5. The molecule has 2 aromatic carbocycles. The molecular weight excluding hydrogens is 466 g/mol. The minimum atomic E-state index is -1.77. The number of hydrogen-bond acceptors (Lipinski definition) is 6. The SMILES string of the molecule is Cc1n([C@H]2O[C@H](C(=O)O)[C@@H](O)[C@H](O)[C@H]2O)cc[n+]1CCC(C(N)=O)(c1ccccc1)c1ccccc1. The van der Waals surface area contributed by atoms with Gasteiger partial charge in [0, 0.05) is 13.3 Å². The van der Waals surface area contributed by atoms with Crippen LogP contribution in [0.5, 0.6) is 0 Å². The van der Waals surface area contributed by atoms with Crippen LogP contribution in [0, 0.1) is 6.92 Å².